The van der Waals surface area contributed by atoms with Crippen molar-refractivity contribution in [3.8, 4) is 11.1 Å². The van der Waals surface area contributed by atoms with E-state index in [4.69, 9.17) is 9.41 Å². The molecule has 1 aliphatic heterocycles. The highest BCUT2D eigenvalue weighted by Gasteiger charge is 2.28. The Morgan fingerprint density at radius 3 is 2.02 bits per heavy atom. The van der Waals surface area contributed by atoms with E-state index in [0.717, 1.165) is 44.5 Å². The number of hydrogen-bond acceptors (Lipinski definition) is 2. The topological polar surface area (TPSA) is 25.5 Å². The first-order valence-corrected chi connectivity index (χ1v) is 16.0. The Bertz CT molecular complexity index is 2480. The number of fused-ring (bicyclic) bond motifs is 6. The highest BCUT2D eigenvalue weighted by atomic mass is 16.3. The summed E-state index contributed by atoms with van der Waals surface area (Å²) in [6, 6.07) is 54.2. The van der Waals surface area contributed by atoms with Gasteiger partial charge in [0, 0.05) is 22.6 Å². The van der Waals surface area contributed by atoms with Crippen LogP contribution in [0.3, 0.4) is 0 Å². The molecule has 1 aliphatic rings. The summed E-state index contributed by atoms with van der Waals surface area (Å²) in [6.07, 6.45) is 2.33. The Hall–Kier alpha value is -5.73. The molecule has 7 aromatic carbocycles. The monoisotopic (exact) mass is 589 g/mol. The lowest BCUT2D eigenvalue weighted by molar-refractivity contribution is 0.665. The van der Waals surface area contributed by atoms with Gasteiger partial charge >= 0.3 is 0 Å². The molecular weight excluding hydrogens is 558 g/mol. The SMILES string of the molecule is CC1C(c2ccc3c(c2)oc2ccc(-c4ccc5c(ccc6ccccc65)c4)cc23)=NC(c2ccccc2)=CC1c1ccccc1. The average Bonchev–Trinajstić information content (AvgIpc) is 3.49. The smallest absolute Gasteiger partial charge is 0.136 e. The average molecular weight is 590 g/mol. The van der Waals surface area contributed by atoms with E-state index >= 15 is 0 Å². The van der Waals surface area contributed by atoms with Crippen LogP contribution in [-0.2, 0) is 0 Å². The van der Waals surface area contributed by atoms with Gasteiger partial charge in [0.15, 0.2) is 0 Å². The number of allylic oxidation sites excluding steroid dienone is 1. The Morgan fingerprint density at radius 2 is 1.15 bits per heavy atom. The van der Waals surface area contributed by atoms with Crippen molar-refractivity contribution < 1.29 is 4.42 Å². The summed E-state index contributed by atoms with van der Waals surface area (Å²) in [5.41, 5.74) is 9.80. The minimum absolute atomic E-state index is 0.202. The molecule has 0 spiro atoms. The van der Waals surface area contributed by atoms with Gasteiger partial charge in [0.25, 0.3) is 0 Å². The molecule has 0 aliphatic carbocycles. The van der Waals surface area contributed by atoms with Crippen LogP contribution in [0.4, 0.5) is 0 Å². The van der Waals surface area contributed by atoms with Gasteiger partial charge in [-0.25, -0.2) is 0 Å². The molecule has 0 saturated heterocycles. The van der Waals surface area contributed by atoms with Crippen molar-refractivity contribution in [3.05, 3.63) is 174 Å². The van der Waals surface area contributed by atoms with Crippen molar-refractivity contribution >= 4 is 54.9 Å². The second-order valence-corrected chi connectivity index (χ2v) is 12.4. The van der Waals surface area contributed by atoms with Crippen LogP contribution in [0.1, 0.15) is 29.5 Å². The molecule has 0 fully saturated rings. The molecular formula is C44H31NO. The van der Waals surface area contributed by atoms with E-state index in [1.165, 1.54) is 38.2 Å². The molecule has 46 heavy (non-hydrogen) atoms. The number of furan rings is 1. The third-order valence-corrected chi connectivity index (χ3v) is 9.65. The van der Waals surface area contributed by atoms with E-state index < -0.39 is 0 Å². The lowest BCUT2D eigenvalue weighted by Crippen LogP contribution is -2.23. The van der Waals surface area contributed by atoms with Crippen molar-refractivity contribution in [3.63, 3.8) is 0 Å². The van der Waals surface area contributed by atoms with Crippen molar-refractivity contribution in [2.24, 2.45) is 10.9 Å². The summed E-state index contributed by atoms with van der Waals surface area (Å²) in [4.78, 5) is 5.27. The van der Waals surface area contributed by atoms with Crippen LogP contribution in [0.15, 0.2) is 167 Å². The zero-order chi connectivity index (χ0) is 30.6. The van der Waals surface area contributed by atoms with Crippen molar-refractivity contribution in [2.75, 3.05) is 0 Å². The number of benzene rings is 7. The molecule has 0 bridgehead atoms. The quantitative estimate of drug-likeness (QED) is 0.188. The predicted molar refractivity (Wildman–Crippen MR) is 193 cm³/mol. The van der Waals surface area contributed by atoms with E-state index in [2.05, 4.69) is 165 Å². The maximum absolute atomic E-state index is 6.48. The van der Waals surface area contributed by atoms with Crippen molar-refractivity contribution in [2.45, 2.75) is 12.8 Å². The van der Waals surface area contributed by atoms with E-state index in [1.807, 2.05) is 0 Å². The summed E-state index contributed by atoms with van der Waals surface area (Å²) in [5, 5.41) is 7.34. The minimum atomic E-state index is 0.202. The van der Waals surface area contributed by atoms with Gasteiger partial charge in [-0.1, -0.05) is 128 Å². The van der Waals surface area contributed by atoms with Crippen LogP contribution in [-0.4, -0.2) is 5.71 Å². The molecule has 2 heteroatoms. The Labute approximate surface area is 268 Å². The second kappa shape index (κ2) is 10.7. The molecule has 0 saturated carbocycles. The van der Waals surface area contributed by atoms with Crippen molar-refractivity contribution in [1.29, 1.82) is 0 Å². The lowest BCUT2D eigenvalue weighted by Gasteiger charge is -2.28. The predicted octanol–water partition coefficient (Wildman–Crippen LogP) is 11.8. The Morgan fingerprint density at radius 1 is 0.478 bits per heavy atom. The summed E-state index contributed by atoms with van der Waals surface area (Å²) in [5.74, 6) is 0.422. The molecule has 218 valence electrons. The Kier molecular flexibility index (Phi) is 6.21. The van der Waals surface area contributed by atoms with E-state index in [0.29, 0.717) is 0 Å². The fourth-order valence-electron chi connectivity index (χ4n) is 7.22. The summed E-state index contributed by atoms with van der Waals surface area (Å²) >= 11 is 0. The molecule has 1 aromatic heterocycles. The van der Waals surface area contributed by atoms with Crippen LogP contribution in [0.25, 0.3) is 60.3 Å². The van der Waals surface area contributed by atoms with Gasteiger partial charge in [0.2, 0.25) is 0 Å². The van der Waals surface area contributed by atoms with Crippen molar-refractivity contribution in [1.82, 2.24) is 0 Å². The fourth-order valence-corrected chi connectivity index (χ4v) is 7.22. The number of aliphatic imine (C=N–C) groups is 1. The third-order valence-electron chi connectivity index (χ3n) is 9.65. The largest absolute Gasteiger partial charge is 0.456 e. The van der Waals surface area contributed by atoms with Gasteiger partial charge in [-0.15, -0.1) is 0 Å². The highest BCUT2D eigenvalue weighted by molar-refractivity contribution is 6.12. The van der Waals surface area contributed by atoms with E-state index in [1.54, 1.807) is 0 Å². The van der Waals surface area contributed by atoms with Gasteiger partial charge in [0.05, 0.1) is 11.4 Å². The molecule has 2 nitrogen and oxygen atoms in total. The Balaban J connectivity index is 1.12. The normalized spacial score (nSPS) is 16.6. The fraction of sp³-hybridized carbons (Fsp3) is 0.0682. The summed E-state index contributed by atoms with van der Waals surface area (Å²) in [7, 11) is 0. The molecule has 0 radical (unpaired) electrons. The third kappa shape index (κ3) is 4.45. The maximum Gasteiger partial charge on any atom is 0.136 e. The maximum atomic E-state index is 6.48. The highest BCUT2D eigenvalue weighted by Crippen LogP contribution is 2.39. The van der Waals surface area contributed by atoms with Crippen LogP contribution >= 0.6 is 0 Å². The first-order chi connectivity index (χ1) is 22.7. The van der Waals surface area contributed by atoms with Crippen LogP contribution in [0, 0.1) is 5.92 Å². The molecule has 2 heterocycles. The molecule has 8 aromatic rings. The molecule has 0 N–H and O–H groups in total. The van der Waals surface area contributed by atoms with Gasteiger partial charge in [-0.2, -0.15) is 0 Å². The van der Waals surface area contributed by atoms with Gasteiger partial charge in [-0.3, -0.25) is 4.99 Å². The van der Waals surface area contributed by atoms with E-state index in [-0.39, 0.29) is 11.8 Å². The first-order valence-electron chi connectivity index (χ1n) is 16.0. The molecule has 2 unspecified atom stereocenters. The van der Waals surface area contributed by atoms with E-state index in [9.17, 15) is 0 Å². The van der Waals surface area contributed by atoms with Crippen LogP contribution in [0.5, 0.6) is 0 Å². The zero-order valence-electron chi connectivity index (χ0n) is 25.5. The van der Waals surface area contributed by atoms with Crippen LogP contribution in [0.2, 0.25) is 0 Å². The van der Waals surface area contributed by atoms with Crippen LogP contribution < -0.4 is 0 Å². The van der Waals surface area contributed by atoms with Gasteiger partial charge < -0.3 is 4.42 Å². The molecule has 0 amide bonds. The summed E-state index contributed by atoms with van der Waals surface area (Å²) in [6.45, 7) is 2.29. The number of hydrogen-bond donors (Lipinski definition) is 0. The molecule has 9 rings (SSSR count). The lowest BCUT2D eigenvalue weighted by atomic mass is 9.79. The van der Waals surface area contributed by atoms with Gasteiger partial charge in [-0.05, 0) is 85.8 Å². The standard InChI is InChI=1S/C44H31NO/c1-28-39(29-10-4-2-5-11-29)27-41(31-13-6-3-7-14-31)45-44(28)35-19-22-38-40-25-33(20-23-42(40)46-43(38)26-35)32-18-21-37-34(24-32)17-16-30-12-8-9-15-36(30)37/h2-28,39H,1H3. The minimum Gasteiger partial charge on any atom is -0.456 e. The summed E-state index contributed by atoms with van der Waals surface area (Å²) < 4.78 is 6.48. The first kappa shape index (κ1) is 26.7. The number of nitrogens with zero attached hydrogens (tertiary/aromatic N) is 1. The molecule has 2 atom stereocenters. The van der Waals surface area contributed by atoms with Gasteiger partial charge in [0.1, 0.15) is 11.2 Å². The number of rotatable bonds is 4. The second-order valence-electron chi connectivity index (χ2n) is 12.4. The zero-order valence-corrected chi connectivity index (χ0v) is 25.5.